The lowest BCUT2D eigenvalue weighted by molar-refractivity contribution is -0.118. The molecule has 1 amide bonds. The van der Waals surface area contributed by atoms with Gasteiger partial charge in [0.05, 0.1) is 6.04 Å². The van der Waals surface area contributed by atoms with E-state index in [1.807, 2.05) is 0 Å². The third kappa shape index (κ3) is 6.67. The molecule has 0 aliphatic carbocycles. The van der Waals surface area contributed by atoms with Gasteiger partial charge in [-0.25, -0.2) is 0 Å². The molecule has 0 aromatic rings. The summed E-state index contributed by atoms with van der Waals surface area (Å²) < 4.78 is 0. The SMILES string of the molecule is CC(=O)C(CCCCNC=O)NP. The van der Waals surface area contributed by atoms with Crippen LogP contribution in [0.15, 0.2) is 0 Å². The van der Waals surface area contributed by atoms with E-state index in [0.29, 0.717) is 13.0 Å². The monoisotopic (exact) mass is 204 g/mol. The Morgan fingerprint density at radius 1 is 1.54 bits per heavy atom. The van der Waals surface area contributed by atoms with E-state index in [1.165, 1.54) is 0 Å². The summed E-state index contributed by atoms with van der Waals surface area (Å²) in [7, 11) is 2.35. The number of carbonyl (C=O) groups is 2. The molecule has 0 spiro atoms. The highest BCUT2D eigenvalue weighted by molar-refractivity contribution is 7.13. The number of Topliss-reactive ketones (excluding diaryl/α,β-unsaturated/α-hetero) is 1. The molecule has 4 nitrogen and oxygen atoms in total. The molecule has 76 valence electrons. The first-order chi connectivity index (χ1) is 6.22. The van der Waals surface area contributed by atoms with Gasteiger partial charge < -0.3 is 5.32 Å². The molecular weight excluding hydrogens is 187 g/mol. The summed E-state index contributed by atoms with van der Waals surface area (Å²) in [6.45, 7) is 2.26. The van der Waals surface area contributed by atoms with Gasteiger partial charge in [0, 0.05) is 6.54 Å². The largest absolute Gasteiger partial charge is 0.359 e. The number of rotatable bonds is 8. The fourth-order valence-electron chi connectivity index (χ4n) is 1.04. The Labute approximate surface area is 81.1 Å². The molecule has 0 bridgehead atoms. The Morgan fingerprint density at radius 3 is 2.69 bits per heavy atom. The fourth-order valence-corrected chi connectivity index (χ4v) is 1.44. The van der Waals surface area contributed by atoms with E-state index < -0.39 is 0 Å². The number of carbonyl (C=O) groups excluding carboxylic acids is 2. The number of amides is 1. The van der Waals surface area contributed by atoms with Crippen molar-refractivity contribution in [3.8, 4) is 0 Å². The number of unbranched alkanes of at least 4 members (excludes halogenated alkanes) is 1. The average Bonchev–Trinajstić information content (AvgIpc) is 2.10. The summed E-state index contributed by atoms with van der Waals surface area (Å²) >= 11 is 0. The molecule has 0 saturated carbocycles. The second-order valence-corrected chi connectivity index (χ2v) is 3.23. The topological polar surface area (TPSA) is 58.2 Å². The molecule has 0 heterocycles. The van der Waals surface area contributed by atoms with Gasteiger partial charge in [0.2, 0.25) is 6.41 Å². The second-order valence-electron chi connectivity index (χ2n) is 2.90. The van der Waals surface area contributed by atoms with E-state index in [2.05, 4.69) is 19.8 Å². The zero-order valence-corrected chi connectivity index (χ0v) is 9.03. The normalized spacial score (nSPS) is 12.2. The third-order valence-electron chi connectivity index (χ3n) is 1.84. The number of nitrogens with one attached hydrogen (secondary N) is 2. The lowest BCUT2D eigenvalue weighted by Gasteiger charge is -2.11. The van der Waals surface area contributed by atoms with Crippen LogP contribution < -0.4 is 10.4 Å². The minimum absolute atomic E-state index is 0.0683. The van der Waals surface area contributed by atoms with Gasteiger partial charge in [0.15, 0.2) is 0 Å². The van der Waals surface area contributed by atoms with Crippen molar-refractivity contribution in [2.75, 3.05) is 6.54 Å². The van der Waals surface area contributed by atoms with Crippen LogP contribution in [0.3, 0.4) is 0 Å². The Hall–Kier alpha value is -0.470. The number of hydrogen-bond acceptors (Lipinski definition) is 3. The summed E-state index contributed by atoms with van der Waals surface area (Å²) in [4.78, 5) is 20.8. The Balaban J connectivity index is 3.38. The second kappa shape index (κ2) is 8.14. The molecule has 2 N–H and O–H groups in total. The van der Waals surface area contributed by atoms with E-state index in [1.54, 1.807) is 6.92 Å². The third-order valence-corrected chi connectivity index (χ3v) is 2.24. The zero-order chi connectivity index (χ0) is 10.1. The summed E-state index contributed by atoms with van der Waals surface area (Å²) in [6.07, 6.45) is 3.36. The van der Waals surface area contributed by atoms with Crippen LogP contribution in [-0.2, 0) is 9.59 Å². The molecule has 0 fully saturated rings. The molecule has 0 saturated heterocycles. The van der Waals surface area contributed by atoms with Gasteiger partial charge in [0.1, 0.15) is 5.78 Å². The fraction of sp³-hybridized carbons (Fsp3) is 0.750. The van der Waals surface area contributed by atoms with Gasteiger partial charge in [-0.2, -0.15) is 0 Å². The lowest BCUT2D eigenvalue weighted by Crippen LogP contribution is -2.28. The minimum Gasteiger partial charge on any atom is -0.359 e. The van der Waals surface area contributed by atoms with Crippen LogP contribution in [-0.4, -0.2) is 24.8 Å². The maximum absolute atomic E-state index is 10.9. The van der Waals surface area contributed by atoms with Crippen molar-refractivity contribution in [1.29, 1.82) is 0 Å². The summed E-state index contributed by atoms with van der Waals surface area (Å²) in [6, 6.07) is -0.0683. The van der Waals surface area contributed by atoms with Crippen molar-refractivity contribution in [2.24, 2.45) is 0 Å². The Kier molecular flexibility index (Phi) is 7.85. The number of ketones is 1. The lowest BCUT2D eigenvalue weighted by atomic mass is 10.1. The molecule has 2 atom stereocenters. The average molecular weight is 204 g/mol. The first-order valence-corrected chi connectivity index (χ1v) is 4.93. The maximum atomic E-state index is 10.9. The van der Waals surface area contributed by atoms with Gasteiger partial charge in [-0.05, 0) is 26.2 Å². The molecule has 0 aliphatic heterocycles. The highest BCUT2D eigenvalue weighted by atomic mass is 31.0. The summed E-state index contributed by atoms with van der Waals surface area (Å²) in [5, 5.41) is 5.45. The van der Waals surface area contributed by atoms with E-state index >= 15 is 0 Å². The summed E-state index contributed by atoms with van der Waals surface area (Å²) in [5.74, 6) is 0.151. The van der Waals surface area contributed by atoms with Crippen molar-refractivity contribution in [3.63, 3.8) is 0 Å². The van der Waals surface area contributed by atoms with Gasteiger partial charge in [-0.3, -0.25) is 14.7 Å². The van der Waals surface area contributed by atoms with Crippen molar-refractivity contribution in [1.82, 2.24) is 10.4 Å². The molecule has 13 heavy (non-hydrogen) atoms. The maximum Gasteiger partial charge on any atom is 0.207 e. The van der Waals surface area contributed by atoms with Gasteiger partial charge >= 0.3 is 0 Å². The number of hydrogen-bond donors (Lipinski definition) is 2. The van der Waals surface area contributed by atoms with Crippen molar-refractivity contribution in [3.05, 3.63) is 0 Å². The Morgan fingerprint density at radius 2 is 2.23 bits per heavy atom. The molecule has 0 aromatic carbocycles. The van der Waals surface area contributed by atoms with E-state index in [4.69, 9.17) is 0 Å². The zero-order valence-electron chi connectivity index (χ0n) is 7.88. The Bertz CT molecular complexity index is 164. The molecule has 0 radical (unpaired) electrons. The molecule has 2 unspecified atom stereocenters. The minimum atomic E-state index is -0.0683. The van der Waals surface area contributed by atoms with Crippen LogP contribution >= 0.6 is 9.39 Å². The molecule has 0 rings (SSSR count). The van der Waals surface area contributed by atoms with Gasteiger partial charge in [-0.1, -0.05) is 9.39 Å². The predicted octanol–water partition coefficient (Wildman–Crippen LogP) is 0.240. The van der Waals surface area contributed by atoms with Crippen LogP contribution in [0.25, 0.3) is 0 Å². The first-order valence-electron chi connectivity index (χ1n) is 4.36. The molecule has 5 heteroatoms. The van der Waals surface area contributed by atoms with Gasteiger partial charge in [0.25, 0.3) is 0 Å². The van der Waals surface area contributed by atoms with Crippen molar-refractivity contribution in [2.45, 2.75) is 32.2 Å². The van der Waals surface area contributed by atoms with Crippen molar-refractivity contribution < 1.29 is 9.59 Å². The van der Waals surface area contributed by atoms with Gasteiger partial charge in [-0.15, -0.1) is 0 Å². The van der Waals surface area contributed by atoms with E-state index in [0.717, 1.165) is 19.3 Å². The van der Waals surface area contributed by atoms with E-state index in [9.17, 15) is 9.59 Å². The van der Waals surface area contributed by atoms with Crippen LogP contribution in [0.1, 0.15) is 26.2 Å². The highest BCUT2D eigenvalue weighted by Crippen LogP contribution is 2.02. The van der Waals surface area contributed by atoms with Crippen molar-refractivity contribution >= 4 is 21.6 Å². The van der Waals surface area contributed by atoms with Crippen LogP contribution in [0.2, 0.25) is 0 Å². The van der Waals surface area contributed by atoms with E-state index in [-0.39, 0.29) is 11.8 Å². The predicted molar refractivity (Wildman–Crippen MR) is 55.2 cm³/mol. The summed E-state index contributed by atoms with van der Waals surface area (Å²) in [5.41, 5.74) is 0. The molecule has 0 aromatic heterocycles. The molecule has 0 aliphatic rings. The first kappa shape index (κ1) is 12.5. The van der Waals surface area contributed by atoms with Crippen LogP contribution in [0, 0.1) is 0 Å². The van der Waals surface area contributed by atoms with Crippen LogP contribution in [0.5, 0.6) is 0 Å². The standard InChI is InChI=1S/C8H17N2O2P/c1-7(12)8(10-13)4-2-3-5-9-6-11/h6,8,10H,2-5,13H2,1H3,(H,9,11). The smallest absolute Gasteiger partial charge is 0.207 e. The highest BCUT2D eigenvalue weighted by Gasteiger charge is 2.09. The van der Waals surface area contributed by atoms with Crippen LogP contribution in [0.4, 0.5) is 0 Å². The molecular formula is C8H17N2O2P. The quantitative estimate of drug-likeness (QED) is 0.338.